The summed E-state index contributed by atoms with van der Waals surface area (Å²) in [6, 6.07) is 15.5. The van der Waals surface area contributed by atoms with Gasteiger partial charge in [0.1, 0.15) is 11.5 Å². The van der Waals surface area contributed by atoms with E-state index in [2.05, 4.69) is 16.3 Å². The molecule has 0 saturated carbocycles. The van der Waals surface area contributed by atoms with Crippen molar-refractivity contribution in [2.24, 2.45) is 0 Å². The maximum Gasteiger partial charge on any atom is 0.254 e. The van der Waals surface area contributed by atoms with Gasteiger partial charge in [-0.1, -0.05) is 24.3 Å². The maximum atomic E-state index is 5.69. The van der Waals surface area contributed by atoms with E-state index in [0.29, 0.717) is 11.8 Å². The van der Waals surface area contributed by atoms with Crippen LogP contribution in [-0.2, 0) is 13.2 Å². The Bertz CT molecular complexity index is 749. The normalized spacial score (nSPS) is 10.5. The number of para-hydroxylation sites is 1. The van der Waals surface area contributed by atoms with Crippen LogP contribution in [0.15, 0.2) is 52.9 Å². The van der Waals surface area contributed by atoms with Gasteiger partial charge in [-0.15, -0.1) is 10.2 Å². The van der Waals surface area contributed by atoms with Crippen molar-refractivity contribution >= 4 is 0 Å². The Morgan fingerprint density at radius 3 is 1.96 bits per heavy atom. The van der Waals surface area contributed by atoms with Crippen molar-refractivity contribution in [3.8, 4) is 11.5 Å². The van der Waals surface area contributed by atoms with Crippen LogP contribution in [-0.4, -0.2) is 10.2 Å². The Morgan fingerprint density at radius 2 is 1.35 bits per heavy atom. The molecular formula is C18H18N2O3. The largest absolute Gasteiger partial charge is 0.484 e. The SMILES string of the molecule is Cc1cc(C)cc(OCc2nnc(COc3ccccc3)o2)c1. The molecule has 118 valence electrons. The minimum Gasteiger partial charge on any atom is -0.484 e. The molecule has 0 saturated heterocycles. The number of aromatic nitrogens is 2. The molecule has 0 aliphatic heterocycles. The molecular weight excluding hydrogens is 292 g/mol. The smallest absolute Gasteiger partial charge is 0.254 e. The standard InChI is InChI=1S/C18H18N2O3/c1-13-8-14(2)10-16(9-13)22-12-18-20-19-17(23-18)11-21-15-6-4-3-5-7-15/h3-10H,11-12H2,1-2H3. The van der Waals surface area contributed by atoms with E-state index >= 15 is 0 Å². The van der Waals surface area contributed by atoms with Crippen molar-refractivity contribution in [3.05, 3.63) is 71.4 Å². The van der Waals surface area contributed by atoms with Gasteiger partial charge in [-0.3, -0.25) is 0 Å². The molecule has 5 heteroatoms. The van der Waals surface area contributed by atoms with Gasteiger partial charge in [0.25, 0.3) is 11.8 Å². The second kappa shape index (κ2) is 6.96. The molecule has 3 rings (SSSR count). The fourth-order valence-corrected chi connectivity index (χ4v) is 2.23. The average Bonchev–Trinajstić information content (AvgIpc) is 2.99. The van der Waals surface area contributed by atoms with Crippen LogP contribution in [0.25, 0.3) is 0 Å². The monoisotopic (exact) mass is 310 g/mol. The summed E-state index contributed by atoms with van der Waals surface area (Å²) in [6.45, 7) is 4.54. The third-order valence-electron chi connectivity index (χ3n) is 3.17. The summed E-state index contributed by atoms with van der Waals surface area (Å²) in [5, 5.41) is 7.92. The Balaban J connectivity index is 1.55. The minimum atomic E-state index is 0.237. The summed E-state index contributed by atoms with van der Waals surface area (Å²) in [5.74, 6) is 2.41. The first-order valence-corrected chi connectivity index (χ1v) is 7.39. The summed E-state index contributed by atoms with van der Waals surface area (Å²) in [5.41, 5.74) is 2.31. The van der Waals surface area contributed by atoms with Crippen molar-refractivity contribution < 1.29 is 13.9 Å². The highest BCUT2D eigenvalue weighted by Crippen LogP contribution is 2.17. The van der Waals surface area contributed by atoms with Gasteiger partial charge in [0.2, 0.25) is 0 Å². The zero-order valence-corrected chi connectivity index (χ0v) is 13.2. The quantitative estimate of drug-likeness (QED) is 0.692. The maximum absolute atomic E-state index is 5.69. The van der Waals surface area contributed by atoms with E-state index < -0.39 is 0 Å². The van der Waals surface area contributed by atoms with Crippen LogP contribution in [0, 0.1) is 13.8 Å². The van der Waals surface area contributed by atoms with E-state index in [1.165, 1.54) is 0 Å². The highest BCUT2D eigenvalue weighted by atomic mass is 16.5. The number of ether oxygens (including phenoxy) is 2. The lowest BCUT2D eigenvalue weighted by atomic mass is 10.1. The second-order valence-electron chi connectivity index (χ2n) is 5.30. The third kappa shape index (κ3) is 4.32. The highest BCUT2D eigenvalue weighted by Gasteiger charge is 2.08. The first kappa shape index (κ1) is 15.1. The first-order valence-electron chi connectivity index (χ1n) is 7.39. The molecule has 0 unspecified atom stereocenters. The van der Waals surface area contributed by atoms with Crippen LogP contribution in [0.2, 0.25) is 0 Å². The Labute approximate surface area is 134 Å². The Hall–Kier alpha value is -2.82. The van der Waals surface area contributed by atoms with E-state index in [4.69, 9.17) is 13.9 Å². The second-order valence-corrected chi connectivity index (χ2v) is 5.30. The van der Waals surface area contributed by atoms with Gasteiger partial charge < -0.3 is 13.9 Å². The van der Waals surface area contributed by atoms with Gasteiger partial charge in [0, 0.05) is 0 Å². The van der Waals surface area contributed by atoms with Crippen LogP contribution in [0.4, 0.5) is 0 Å². The number of benzene rings is 2. The molecule has 23 heavy (non-hydrogen) atoms. The van der Waals surface area contributed by atoms with Crippen molar-refractivity contribution in [2.45, 2.75) is 27.1 Å². The molecule has 0 bridgehead atoms. The summed E-state index contributed by atoms with van der Waals surface area (Å²) in [4.78, 5) is 0. The van der Waals surface area contributed by atoms with Gasteiger partial charge in [-0.05, 0) is 49.2 Å². The molecule has 0 amide bonds. The molecule has 0 N–H and O–H groups in total. The van der Waals surface area contributed by atoms with Crippen molar-refractivity contribution in [1.82, 2.24) is 10.2 Å². The molecule has 0 spiro atoms. The van der Waals surface area contributed by atoms with Crippen LogP contribution in [0.3, 0.4) is 0 Å². The molecule has 3 aromatic rings. The van der Waals surface area contributed by atoms with Crippen LogP contribution in [0.5, 0.6) is 11.5 Å². The van der Waals surface area contributed by atoms with Crippen LogP contribution < -0.4 is 9.47 Å². The molecule has 1 heterocycles. The van der Waals surface area contributed by atoms with Gasteiger partial charge in [0.15, 0.2) is 13.2 Å². The first-order chi connectivity index (χ1) is 11.2. The lowest BCUT2D eigenvalue weighted by Gasteiger charge is -2.05. The fraction of sp³-hybridized carbons (Fsp3) is 0.222. The third-order valence-corrected chi connectivity index (χ3v) is 3.17. The number of aryl methyl sites for hydroxylation is 2. The van der Waals surface area contributed by atoms with Gasteiger partial charge in [-0.25, -0.2) is 0 Å². The number of rotatable bonds is 6. The Morgan fingerprint density at radius 1 is 0.783 bits per heavy atom. The van der Waals surface area contributed by atoms with Crippen molar-refractivity contribution in [2.75, 3.05) is 0 Å². The summed E-state index contributed by atoms with van der Waals surface area (Å²) in [7, 11) is 0. The van der Waals surface area contributed by atoms with E-state index in [9.17, 15) is 0 Å². The predicted molar refractivity (Wildman–Crippen MR) is 85.3 cm³/mol. The van der Waals surface area contributed by atoms with E-state index in [1.807, 2.05) is 56.3 Å². The van der Waals surface area contributed by atoms with Gasteiger partial charge >= 0.3 is 0 Å². The lowest BCUT2D eigenvalue weighted by Crippen LogP contribution is -1.96. The molecule has 0 atom stereocenters. The topological polar surface area (TPSA) is 57.4 Å². The number of nitrogens with zero attached hydrogens (tertiary/aromatic N) is 2. The van der Waals surface area contributed by atoms with Crippen LogP contribution in [0.1, 0.15) is 22.9 Å². The predicted octanol–water partition coefficient (Wildman–Crippen LogP) is 3.84. The molecule has 2 aromatic carbocycles. The van der Waals surface area contributed by atoms with Crippen molar-refractivity contribution in [3.63, 3.8) is 0 Å². The average molecular weight is 310 g/mol. The molecule has 0 radical (unpaired) electrons. The lowest BCUT2D eigenvalue weighted by molar-refractivity contribution is 0.231. The Kier molecular flexibility index (Phi) is 4.57. The molecule has 1 aromatic heterocycles. The molecule has 5 nitrogen and oxygen atoms in total. The number of hydrogen-bond acceptors (Lipinski definition) is 5. The van der Waals surface area contributed by atoms with Gasteiger partial charge in [0.05, 0.1) is 0 Å². The van der Waals surface area contributed by atoms with Crippen molar-refractivity contribution in [1.29, 1.82) is 0 Å². The van der Waals surface area contributed by atoms with E-state index in [-0.39, 0.29) is 13.2 Å². The summed E-state index contributed by atoms with van der Waals surface area (Å²) >= 11 is 0. The minimum absolute atomic E-state index is 0.237. The molecule has 0 fully saturated rings. The molecule has 0 aliphatic carbocycles. The highest BCUT2D eigenvalue weighted by molar-refractivity contribution is 5.33. The fourth-order valence-electron chi connectivity index (χ4n) is 2.23. The molecule has 0 aliphatic rings. The number of hydrogen-bond donors (Lipinski definition) is 0. The zero-order chi connectivity index (χ0) is 16.1. The van der Waals surface area contributed by atoms with E-state index in [1.54, 1.807) is 0 Å². The van der Waals surface area contributed by atoms with Gasteiger partial charge in [-0.2, -0.15) is 0 Å². The summed E-state index contributed by atoms with van der Waals surface area (Å²) < 4.78 is 16.8. The van der Waals surface area contributed by atoms with E-state index in [0.717, 1.165) is 22.6 Å². The zero-order valence-electron chi connectivity index (χ0n) is 13.2. The summed E-state index contributed by atoms with van der Waals surface area (Å²) in [6.07, 6.45) is 0. The van der Waals surface area contributed by atoms with Crippen LogP contribution >= 0.6 is 0 Å².